The van der Waals surface area contributed by atoms with Crippen molar-refractivity contribution in [1.29, 1.82) is 0 Å². The molecule has 0 radical (unpaired) electrons. The normalized spacial score (nSPS) is 17.8. The molecule has 3 N–H and O–H groups in total. The van der Waals surface area contributed by atoms with E-state index in [1.807, 2.05) is 31.2 Å². The van der Waals surface area contributed by atoms with Crippen molar-refractivity contribution in [1.82, 2.24) is 0 Å². The van der Waals surface area contributed by atoms with Crippen LogP contribution >= 0.6 is 0 Å². The van der Waals surface area contributed by atoms with Crippen LogP contribution in [0.25, 0.3) is 0 Å². The van der Waals surface area contributed by atoms with Crippen LogP contribution in [0, 0.1) is 10.2 Å². The van der Waals surface area contributed by atoms with Crippen LogP contribution in [0.3, 0.4) is 0 Å². The first-order valence-corrected chi connectivity index (χ1v) is 11.7. The summed E-state index contributed by atoms with van der Waals surface area (Å²) in [6.07, 6.45) is 0. The molecule has 1 aliphatic rings. The highest BCUT2D eigenvalue weighted by atomic mass is 35.7. The highest BCUT2D eigenvalue weighted by molar-refractivity contribution is 5.34. The predicted molar refractivity (Wildman–Crippen MR) is 105 cm³/mol. The lowest BCUT2D eigenvalue weighted by molar-refractivity contribution is -2.00. The lowest BCUT2D eigenvalue weighted by Gasteiger charge is -2.17. The molecule has 1 aromatic rings. The van der Waals surface area contributed by atoms with Crippen LogP contribution in [0.1, 0.15) is 6.92 Å². The smallest absolute Gasteiger partial charge is 0.128 e. The summed E-state index contributed by atoms with van der Waals surface area (Å²) >= 11 is 0. The number of rotatable bonds is 2. The van der Waals surface area contributed by atoms with Crippen LogP contribution in [-0.4, -0.2) is 85.9 Å². The first kappa shape index (κ1) is 31.9. The summed E-state index contributed by atoms with van der Waals surface area (Å²) in [5.74, 6) is 0.912. The van der Waals surface area contributed by atoms with Gasteiger partial charge in [0.25, 0.3) is 0 Å². The molecule has 194 valence electrons. The SMILES string of the molecule is C1COCCOCCOCCOCCOCCO1.CCOc1ccc([NH3+])cc1.[O-][Cl+3]([O-])([O-])[O-]. The van der Waals surface area contributed by atoms with E-state index in [4.69, 9.17) is 51.8 Å². The van der Waals surface area contributed by atoms with Crippen molar-refractivity contribution in [2.45, 2.75) is 6.92 Å². The molecule has 0 aliphatic carbocycles. The minimum Gasteiger partial charge on any atom is -0.494 e. The molecule has 33 heavy (non-hydrogen) atoms. The number of hydrogen-bond acceptors (Lipinski definition) is 11. The van der Waals surface area contributed by atoms with E-state index < -0.39 is 10.2 Å². The molecule has 2 rings (SSSR count). The summed E-state index contributed by atoms with van der Waals surface area (Å²) < 4.78 is 71.2. The van der Waals surface area contributed by atoms with Gasteiger partial charge in [-0.3, -0.25) is 0 Å². The highest BCUT2D eigenvalue weighted by Crippen LogP contribution is 2.11. The van der Waals surface area contributed by atoms with E-state index in [1.165, 1.54) is 0 Å². The lowest BCUT2D eigenvalue weighted by Crippen LogP contribution is -2.68. The largest absolute Gasteiger partial charge is 0.494 e. The van der Waals surface area contributed by atoms with Gasteiger partial charge in [0.1, 0.15) is 11.4 Å². The van der Waals surface area contributed by atoms with Crippen LogP contribution in [0.4, 0.5) is 5.69 Å². The maximum absolute atomic E-state index is 8.49. The Kier molecular flexibility index (Phi) is 21.9. The molecule has 0 spiro atoms. The van der Waals surface area contributed by atoms with Gasteiger partial charge in [-0.2, -0.15) is 0 Å². The Balaban J connectivity index is 0.000000569. The van der Waals surface area contributed by atoms with E-state index in [9.17, 15) is 0 Å². The molecule has 1 aliphatic heterocycles. The molecule has 0 aromatic heterocycles. The Morgan fingerprint density at radius 3 is 1.09 bits per heavy atom. The Hall–Kier alpha value is -1.13. The molecular formula is C20H36ClNO11. The van der Waals surface area contributed by atoms with Crippen LogP contribution in [-0.2, 0) is 28.4 Å². The molecule has 12 nitrogen and oxygen atoms in total. The Morgan fingerprint density at radius 1 is 0.636 bits per heavy atom. The van der Waals surface area contributed by atoms with E-state index in [1.54, 1.807) is 0 Å². The van der Waals surface area contributed by atoms with Crippen LogP contribution < -0.4 is 29.1 Å². The van der Waals surface area contributed by atoms with Crippen molar-refractivity contribution in [3.63, 3.8) is 0 Å². The molecule has 0 atom stereocenters. The minimum atomic E-state index is -4.94. The van der Waals surface area contributed by atoms with E-state index >= 15 is 0 Å². The van der Waals surface area contributed by atoms with E-state index in [0.717, 1.165) is 18.0 Å². The van der Waals surface area contributed by atoms with Crippen molar-refractivity contribution in [2.75, 3.05) is 85.9 Å². The molecule has 0 bridgehead atoms. The minimum absolute atomic E-state index is 0.586. The summed E-state index contributed by atoms with van der Waals surface area (Å²) in [6, 6.07) is 7.72. The van der Waals surface area contributed by atoms with Crippen LogP contribution in [0.15, 0.2) is 24.3 Å². The van der Waals surface area contributed by atoms with Crippen molar-refractivity contribution in [3.8, 4) is 5.75 Å². The number of halogens is 1. The first-order chi connectivity index (χ1) is 15.8. The number of ether oxygens (including phenoxy) is 7. The van der Waals surface area contributed by atoms with Crippen molar-refractivity contribution >= 4 is 5.69 Å². The Bertz CT molecular complexity index is 451. The van der Waals surface area contributed by atoms with E-state index in [2.05, 4.69) is 5.73 Å². The summed E-state index contributed by atoms with van der Waals surface area (Å²) in [5.41, 5.74) is 4.78. The fraction of sp³-hybridized carbons (Fsp3) is 0.700. The van der Waals surface area contributed by atoms with Crippen molar-refractivity contribution in [2.24, 2.45) is 0 Å². The van der Waals surface area contributed by atoms with Gasteiger partial charge in [-0.1, -0.05) is 0 Å². The molecule has 1 saturated heterocycles. The van der Waals surface area contributed by atoms with Crippen molar-refractivity contribution < 1.29 is 67.8 Å². The average Bonchev–Trinajstić information content (AvgIpc) is 2.75. The molecule has 0 saturated carbocycles. The average molecular weight is 502 g/mol. The maximum atomic E-state index is 8.49. The van der Waals surface area contributed by atoms with Crippen molar-refractivity contribution in [3.05, 3.63) is 24.3 Å². The molecule has 1 fully saturated rings. The fourth-order valence-electron chi connectivity index (χ4n) is 2.07. The number of quaternary nitrogens is 1. The van der Waals surface area contributed by atoms with Gasteiger partial charge < -0.3 is 38.9 Å². The molecule has 13 heteroatoms. The van der Waals surface area contributed by atoms with E-state index in [0.29, 0.717) is 79.3 Å². The van der Waals surface area contributed by atoms with Gasteiger partial charge in [-0.15, -0.1) is 10.2 Å². The van der Waals surface area contributed by atoms with Gasteiger partial charge in [0, 0.05) is 12.1 Å². The van der Waals surface area contributed by atoms with Crippen LogP contribution in [0.5, 0.6) is 5.75 Å². The zero-order valence-corrected chi connectivity index (χ0v) is 19.8. The fourth-order valence-corrected chi connectivity index (χ4v) is 2.07. The third-order valence-electron chi connectivity index (χ3n) is 3.47. The molecule has 1 aromatic carbocycles. The quantitative estimate of drug-likeness (QED) is 0.420. The van der Waals surface area contributed by atoms with Gasteiger partial charge in [-0.25, -0.2) is 18.6 Å². The third-order valence-corrected chi connectivity index (χ3v) is 3.47. The summed E-state index contributed by atoms with van der Waals surface area (Å²) in [5, 5.41) is 0. The van der Waals surface area contributed by atoms with Gasteiger partial charge >= 0.3 is 0 Å². The first-order valence-electron chi connectivity index (χ1n) is 10.5. The third kappa shape index (κ3) is 28.8. The second-order valence-electron chi connectivity index (χ2n) is 6.13. The second kappa shape index (κ2) is 22.7. The summed E-state index contributed by atoms with van der Waals surface area (Å²) in [4.78, 5) is 0. The highest BCUT2D eigenvalue weighted by Gasteiger charge is 1.95. The lowest BCUT2D eigenvalue weighted by atomic mass is 10.3. The zero-order chi connectivity index (χ0) is 24.6. The molecular weight excluding hydrogens is 466 g/mol. The van der Waals surface area contributed by atoms with Gasteiger partial charge in [0.05, 0.1) is 85.9 Å². The monoisotopic (exact) mass is 501 g/mol. The second-order valence-corrected chi connectivity index (χ2v) is 6.89. The van der Waals surface area contributed by atoms with E-state index in [-0.39, 0.29) is 0 Å². The summed E-state index contributed by atoms with van der Waals surface area (Å²) in [6.45, 7) is 9.72. The summed E-state index contributed by atoms with van der Waals surface area (Å²) in [7, 11) is -4.94. The molecule has 1 heterocycles. The topological polar surface area (TPSA) is 184 Å². The standard InChI is InChI=1S/C12H24O6.C8H11NO.ClHO4/c1-2-14-5-6-16-9-10-18-12-11-17-8-7-15-4-3-13-1;1-2-10-8-5-3-7(9)4-6-8;2-1(3,4)5/h1-12H2;3-6H,2,9H2,1H3;(H,2,3,4,5). The Labute approximate surface area is 196 Å². The maximum Gasteiger partial charge on any atom is 0.128 e. The Morgan fingerprint density at radius 2 is 0.879 bits per heavy atom. The van der Waals surface area contributed by atoms with Gasteiger partial charge in [0.15, 0.2) is 0 Å². The van der Waals surface area contributed by atoms with Gasteiger partial charge in [0.2, 0.25) is 0 Å². The zero-order valence-electron chi connectivity index (χ0n) is 19.1. The molecule has 0 unspecified atom stereocenters. The van der Waals surface area contributed by atoms with Crippen LogP contribution in [0.2, 0.25) is 0 Å². The number of benzene rings is 1. The number of hydrogen-bond donors (Lipinski definition) is 1. The predicted octanol–water partition coefficient (Wildman–Crippen LogP) is -3.70. The van der Waals surface area contributed by atoms with Gasteiger partial charge in [-0.05, 0) is 19.1 Å². The molecule has 0 amide bonds.